The van der Waals surface area contributed by atoms with Crippen LogP contribution in [-0.2, 0) is 14.3 Å². The number of benzene rings is 1. The summed E-state index contributed by atoms with van der Waals surface area (Å²) >= 11 is 0. The molecular formula is C17H24O5. The highest BCUT2D eigenvalue weighted by Gasteiger charge is 2.17. The van der Waals surface area contributed by atoms with E-state index < -0.39 is 5.60 Å². The van der Waals surface area contributed by atoms with E-state index >= 15 is 0 Å². The van der Waals surface area contributed by atoms with Gasteiger partial charge in [-0.3, -0.25) is 9.59 Å². The molecule has 0 aliphatic heterocycles. The molecule has 1 aromatic carbocycles. The fourth-order valence-electron chi connectivity index (χ4n) is 1.67. The first-order valence-corrected chi connectivity index (χ1v) is 7.39. The zero-order valence-electron chi connectivity index (χ0n) is 13.7. The number of hydrogen-bond donors (Lipinski definition) is 0. The van der Waals surface area contributed by atoms with Gasteiger partial charge in [0.05, 0.1) is 13.0 Å². The van der Waals surface area contributed by atoms with Gasteiger partial charge in [-0.05, 0) is 52.0 Å². The van der Waals surface area contributed by atoms with Crippen LogP contribution in [0.2, 0.25) is 0 Å². The molecule has 0 amide bonds. The smallest absolute Gasteiger partial charge is 0.306 e. The number of esters is 1. The van der Waals surface area contributed by atoms with Crippen molar-refractivity contribution in [3.63, 3.8) is 0 Å². The molecule has 0 aromatic heterocycles. The Morgan fingerprint density at radius 1 is 0.955 bits per heavy atom. The Balaban J connectivity index is 2.29. The van der Waals surface area contributed by atoms with E-state index in [0.717, 1.165) is 5.75 Å². The Morgan fingerprint density at radius 2 is 1.50 bits per heavy atom. The predicted octanol–water partition coefficient (Wildman–Crippen LogP) is 3.16. The molecule has 5 heteroatoms. The molecular weight excluding hydrogens is 284 g/mol. The summed E-state index contributed by atoms with van der Waals surface area (Å²) in [7, 11) is 0. The van der Waals surface area contributed by atoms with Crippen LogP contribution < -0.4 is 9.47 Å². The number of rotatable bonds is 8. The van der Waals surface area contributed by atoms with E-state index in [1.54, 1.807) is 45.0 Å². The van der Waals surface area contributed by atoms with Crippen LogP contribution >= 0.6 is 0 Å². The van der Waals surface area contributed by atoms with Gasteiger partial charge in [0.15, 0.2) is 5.78 Å². The molecule has 0 spiro atoms. The molecule has 0 bridgehead atoms. The van der Waals surface area contributed by atoms with Crippen molar-refractivity contribution in [2.75, 3.05) is 13.2 Å². The number of ether oxygens (including phenoxy) is 3. The van der Waals surface area contributed by atoms with Crippen molar-refractivity contribution in [2.24, 2.45) is 0 Å². The van der Waals surface area contributed by atoms with Crippen molar-refractivity contribution < 1.29 is 23.8 Å². The Kier molecular flexibility index (Phi) is 6.89. The van der Waals surface area contributed by atoms with Gasteiger partial charge in [-0.1, -0.05) is 0 Å². The lowest BCUT2D eigenvalue weighted by molar-refractivity contribution is -0.155. The molecule has 22 heavy (non-hydrogen) atoms. The fraction of sp³-hybridized carbons (Fsp3) is 0.529. The van der Waals surface area contributed by atoms with Gasteiger partial charge in [0.1, 0.15) is 23.7 Å². The van der Waals surface area contributed by atoms with Crippen LogP contribution in [0.4, 0.5) is 0 Å². The first-order chi connectivity index (χ1) is 10.3. The fourth-order valence-corrected chi connectivity index (χ4v) is 1.67. The van der Waals surface area contributed by atoms with Gasteiger partial charge >= 0.3 is 5.97 Å². The molecule has 122 valence electrons. The second-order valence-corrected chi connectivity index (χ2v) is 5.82. The van der Waals surface area contributed by atoms with Crippen LogP contribution in [-0.4, -0.2) is 30.6 Å². The predicted molar refractivity (Wildman–Crippen MR) is 83.2 cm³/mol. The van der Waals surface area contributed by atoms with Crippen LogP contribution in [0, 0.1) is 0 Å². The zero-order valence-corrected chi connectivity index (χ0v) is 13.7. The van der Waals surface area contributed by atoms with E-state index in [1.807, 2.05) is 6.92 Å². The number of carbonyl (C=O) groups excluding carboxylic acids is 2. The van der Waals surface area contributed by atoms with Crippen molar-refractivity contribution in [3.8, 4) is 11.5 Å². The summed E-state index contributed by atoms with van der Waals surface area (Å²) in [5.74, 6) is 0.835. The molecule has 0 aliphatic carbocycles. The van der Waals surface area contributed by atoms with Crippen LogP contribution in [0.3, 0.4) is 0 Å². The Hall–Kier alpha value is -2.04. The van der Waals surface area contributed by atoms with Gasteiger partial charge in [0, 0.05) is 6.42 Å². The molecule has 0 saturated carbocycles. The van der Waals surface area contributed by atoms with Crippen LogP contribution in [0.1, 0.15) is 40.5 Å². The summed E-state index contributed by atoms with van der Waals surface area (Å²) in [5, 5.41) is 0. The lowest BCUT2D eigenvalue weighted by Crippen LogP contribution is -2.24. The average Bonchev–Trinajstić information content (AvgIpc) is 2.43. The zero-order chi connectivity index (χ0) is 16.6. The number of Topliss-reactive ketones (excluding diaryl/α,β-unsaturated/α-hetero) is 1. The van der Waals surface area contributed by atoms with Gasteiger partial charge in [0.2, 0.25) is 0 Å². The third-order valence-corrected chi connectivity index (χ3v) is 2.56. The van der Waals surface area contributed by atoms with Crippen LogP contribution in [0.25, 0.3) is 0 Å². The van der Waals surface area contributed by atoms with Gasteiger partial charge in [-0.2, -0.15) is 0 Å². The molecule has 5 nitrogen and oxygen atoms in total. The lowest BCUT2D eigenvalue weighted by atomic mass is 10.2. The van der Waals surface area contributed by atoms with E-state index in [-0.39, 0.29) is 31.2 Å². The number of hydrogen-bond acceptors (Lipinski definition) is 5. The molecule has 0 unspecified atom stereocenters. The number of carbonyl (C=O) groups is 2. The largest absolute Gasteiger partial charge is 0.494 e. The van der Waals surface area contributed by atoms with Gasteiger partial charge in [-0.15, -0.1) is 0 Å². The minimum atomic E-state index is -0.529. The summed E-state index contributed by atoms with van der Waals surface area (Å²) in [4.78, 5) is 23.2. The molecule has 0 N–H and O–H groups in total. The molecule has 0 heterocycles. The summed E-state index contributed by atoms with van der Waals surface area (Å²) in [6.07, 6.45) is 0.189. The standard InChI is InChI=1S/C17H24O5/c1-5-20-14-7-9-15(10-8-14)21-12-13(18)6-11-16(19)22-17(2,3)4/h7-10H,5-6,11-12H2,1-4H3. The van der Waals surface area contributed by atoms with Crippen molar-refractivity contribution in [1.29, 1.82) is 0 Å². The normalized spacial score (nSPS) is 10.9. The van der Waals surface area contributed by atoms with Gasteiger partial charge in [-0.25, -0.2) is 0 Å². The van der Waals surface area contributed by atoms with E-state index in [0.29, 0.717) is 12.4 Å². The minimum Gasteiger partial charge on any atom is -0.494 e. The summed E-state index contributed by atoms with van der Waals surface area (Å²) in [5.41, 5.74) is -0.529. The summed E-state index contributed by atoms with van der Waals surface area (Å²) < 4.78 is 15.8. The van der Waals surface area contributed by atoms with E-state index in [9.17, 15) is 9.59 Å². The van der Waals surface area contributed by atoms with E-state index in [2.05, 4.69) is 0 Å². The maximum absolute atomic E-state index is 11.7. The van der Waals surface area contributed by atoms with Gasteiger partial charge < -0.3 is 14.2 Å². The highest BCUT2D eigenvalue weighted by molar-refractivity contribution is 5.84. The Labute approximate surface area is 131 Å². The topological polar surface area (TPSA) is 61.8 Å². The highest BCUT2D eigenvalue weighted by Crippen LogP contribution is 2.17. The van der Waals surface area contributed by atoms with Crippen molar-refractivity contribution in [2.45, 2.75) is 46.1 Å². The lowest BCUT2D eigenvalue weighted by Gasteiger charge is -2.19. The van der Waals surface area contributed by atoms with Gasteiger partial charge in [0.25, 0.3) is 0 Å². The molecule has 0 radical (unpaired) electrons. The maximum Gasteiger partial charge on any atom is 0.306 e. The monoisotopic (exact) mass is 308 g/mol. The summed E-state index contributed by atoms with van der Waals surface area (Å²) in [6.45, 7) is 7.83. The minimum absolute atomic E-state index is 0.0588. The SMILES string of the molecule is CCOc1ccc(OCC(=O)CCC(=O)OC(C)(C)C)cc1. The first-order valence-electron chi connectivity index (χ1n) is 7.39. The molecule has 1 aromatic rings. The number of ketones is 1. The Morgan fingerprint density at radius 3 is 2.00 bits per heavy atom. The molecule has 0 fully saturated rings. The van der Waals surface area contributed by atoms with Crippen LogP contribution in [0.5, 0.6) is 11.5 Å². The average molecular weight is 308 g/mol. The second kappa shape index (κ2) is 8.41. The first kappa shape index (κ1) is 18.0. The third-order valence-electron chi connectivity index (χ3n) is 2.56. The second-order valence-electron chi connectivity index (χ2n) is 5.82. The van der Waals surface area contributed by atoms with E-state index in [4.69, 9.17) is 14.2 Å². The molecule has 0 saturated heterocycles. The van der Waals surface area contributed by atoms with Crippen molar-refractivity contribution in [1.82, 2.24) is 0 Å². The highest BCUT2D eigenvalue weighted by atomic mass is 16.6. The van der Waals surface area contributed by atoms with Crippen LogP contribution in [0.15, 0.2) is 24.3 Å². The van der Waals surface area contributed by atoms with Crippen molar-refractivity contribution in [3.05, 3.63) is 24.3 Å². The summed E-state index contributed by atoms with van der Waals surface area (Å²) in [6, 6.07) is 7.05. The molecule has 0 atom stereocenters. The molecule has 0 aliphatic rings. The maximum atomic E-state index is 11.7. The van der Waals surface area contributed by atoms with Crippen molar-refractivity contribution >= 4 is 11.8 Å². The third kappa shape index (κ3) is 7.67. The van der Waals surface area contributed by atoms with E-state index in [1.165, 1.54) is 0 Å². The molecule has 1 rings (SSSR count). The Bertz CT molecular complexity index is 485. The quantitative estimate of drug-likeness (QED) is 0.690.